The molecule has 0 unspecified atom stereocenters. The highest BCUT2D eigenvalue weighted by Crippen LogP contribution is 2.39. The van der Waals surface area contributed by atoms with E-state index in [1.165, 1.54) is 12.8 Å². The number of nitrogens with zero attached hydrogens (tertiary/aromatic N) is 4. The lowest BCUT2D eigenvalue weighted by Crippen LogP contribution is -2.34. The molecule has 7 nitrogen and oxygen atoms in total. The number of hydrogen-bond donors (Lipinski definition) is 2. The van der Waals surface area contributed by atoms with Crippen molar-refractivity contribution in [1.82, 2.24) is 24.9 Å². The molecular weight excluding hydrogens is 292 g/mol. The number of aromatic nitrogens is 4. The standard InChI is InChI=1S/C16H22N6O/c1-17-15(23)11-4-6-12(7-5-11)20-16-19-9-18-14-8-13(10-2-3-10)21-22(14)16/h8-12H,2-7H2,1H3,(H,17,23)(H,18,19,20). The first-order chi connectivity index (χ1) is 11.2. The van der Waals surface area contributed by atoms with Gasteiger partial charge in [-0.05, 0) is 38.5 Å². The molecule has 2 N–H and O–H groups in total. The molecule has 2 saturated carbocycles. The third-order valence-electron chi connectivity index (χ3n) is 4.95. The van der Waals surface area contributed by atoms with Crippen molar-refractivity contribution >= 4 is 17.5 Å². The molecule has 122 valence electrons. The molecule has 0 spiro atoms. The van der Waals surface area contributed by atoms with Gasteiger partial charge in [0, 0.05) is 31.0 Å². The molecule has 2 aliphatic rings. The average molecular weight is 314 g/mol. The van der Waals surface area contributed by atoms with Crippen LogP contribution in [0.2, 0.25) is 0 Å². The van der Waals surface area contributed by atoms with E-state index in [1.807, 2.05) is 4.52 Å². The Hall–Kier alpha value is -2.18. The van der Waals surface area contributed by atoms with E-state index in [4.69, 9.17) is 0 Å². The summed E-state index contributed by atoms with van der Waals surface area (Å²) in [6, 6.07) is 2.40. The second-order valence-corrected chi connectivity index (χ2v) is 6.62. The zero-order valence-corrected chi connectivity index (χ0v) is 13.3. The lowest BCUT2D eigenvalue weighted by molar-refractivity contribution is -0.125. The fraction of sp³-hybridized carbons (Fsp3) is 0.625. The highest BCUT2D eigenvalue weighted by atomic mass is 16.1. The minimum atomic E-state index is 0.148. The summed E-state index contributed by atoms with van der Waals surface area (Å²) in [5.74, 6) is 1.67. The van der Waals surface area contributed by atoms with Crippen LogP contribution >= 0.6 is 0 Å². The van der Waals surface area contributed by atoms with Crippen molar-refractivity contribution in [3.63, 3.8) is 0 Å². The maximum Gasteiger partial charge on any atom is 0.227 e. The van der Waals surface area contributed by atoms with Gasteiger partial charge in [0.1, 0.15) is 6.33 Å². The largest absolute Gasteiger partial charge is 0.359 e. The third kappa shape index (κ3) is 2.87. The van der Waals surface area contributed by atoms with Gasteiger partial charge in [0.25, 0.3) is 0 Å². The third-order valence-corrected chi connectivity index (χ3v) is 4.95. The maximum atomic E-state index is 11.7. The monoisotopic (exact) mass is 314 g/mol. The molecule has 0 saturated heterocycles. The number of carbonyl (C=O) groups excluding carboxylic acids is 1. The molecule has 0 atom stereocenters. The Morgan fingerprint density at radius 1 is 1.17 bits per heavy atom. The topological polar surface area (TPSA) is 84.2 Å². The van der Waals surface area contributed by atoms with Crippen LogP contribution in [0.25, 0.3) is 5.65 Å². The van der Waals surface area contributed by atoms with E-state index in [0.717, 1.165) is 43.0 Å². The summed E-state index contributed by atoms with van der Waals surface area (Å²) in [6.45, 7) is 0. The van der Waals surface area contributed by atoms with Crippen LogP contribution in [0.1, 0.15) is 50.1 Å². The lowest BCUT2D eigenvalue weighted by atomic mass is 9.85. The summed E-state index contributed by atoms with van der Waals surface area (Å²) in [5, 5.41) is 10.9. The van der Waals surface area contributed by atoms with Crippen molar-refractivity contribution in [2.24, 2.45) is 5.92 Å². The molecule has 4 rings (SSSR count). The summed E-state index contributed by atoms with van der Waals surface area (Å²) in [6.07, 6.45) is 7.82. The first kappa shape index (κ1) is 14.4. The van der Waals surface area contributed by atoms with E-state index in [0.29, 0.717) is 12.0 Å². The van der Waals surface area contributed by atoms with Gasteiger partial charge in [-0.2, -0.15) is 9.61 Å². The molecule has 2 fully saturated rings. The van der Waals surface area contributed by atoms with Crippen LogP contribution in [0.15, 0.2) is 12.4 Å². The Morgan fingerprint density at radius 2 is 1.96 bits per heavy atom. The normalized spacial score (nSPS) is 24.6. The minimum absolute atomic E-state index is 0.148. The zero-order chi connectivity index (χ0) is 15.8. The Bertz CT molecular complexity index is 714. The van der Waals surface area contributed by atoms with Crippen LogP contribution in [-0.4, -0.2) is 38.6 Å². The molecule has 2 aromatic heterocycles. The van der Waals surface area contributed by atoms with Crippen LogP contribution in [0.3, 0.4) is 0 Å². The van der Waals surface area contributed by atoms with Crippen molar-refractivity contribution in [3.8, 4) is 0 Å². The first-order valence-electron chi connectivity index (χ1n) is 8.43. The van der Waals surface area contributed by atoms with Gasteiger partial charge in [-0.3, -0.25) is 4.79 Å². The van der Waals surface area contributed by atoms with Gasteiger partial charge in [0.2, 0.25) is 11.9 Å². The van der Waals surface area contributed by atoms with Crippen LogP contribution in [0.5, 0.6) is 0 Å². The second kappa shape index (κ2) is 5.79. The van der Waals surface area contributed by atoms with Gasteiger partial charge in [-0.25, -0.2) is 9.97 Å². The minimum Gasteiger partial charge on any atom is -0.359 e. The highest BCUT2D eigenvalue weighted by molar-refractivity contribution is 5.78. The molecule has 0 bridgehead atoms. The summed E-state index contributed by atoms with van der Waals surface area (Å²) < 4.78 is 1.82. The second-order valence-electron chi connectivity index (χ2n) is 6.62. The molecule has 0 aromatic carbocycles. The van der Waals surface area contributed by atoms with Gasteiger partial charge in [0.15, 0.2) is 5.65 Å². The molecular formula is C16H22N6O. The molecule has 2 aromatic rings. The number of amides is 1. The zero-order valence-electron chi connectivity index (χ0n) is 13.3. The summed E-state index contributed by atoms with van der Waals surface area (Å²) >= 11 is 0. The molecule has 2 heterocycles. The SMILES string of the molecule is CNC(=O)C1CCC(Nc2ncnc3cc(C4CC4)nn23)CC1. The van der Waals surface area contributed by atoms with E-state index in [2.05, 4.69) is 31.8 Å². The number of hydrogen-bond acceptors (Lipinski definition) is 5. The van der Waals surface area contributed by atoms with E-state index in [9.17, 15) is 4.79 Å². The molecule has 2 aliphatic carbocycles. The average Bonchev–Trinajstić information content (AvgIpc) is 3.34. The van der Waals surface area contributed by atoms with E-state index in [-0.39, 0.29) is 11.8 Å². The van der Waals surface area contributed by atoms with Gasteiger partial charge in [0.05, 0.1) is 5.69 Å². The van der Waals surface area contributed by atoms with Crippen molar-refractivity contribution in [1.29, 1.82) is 0 Å². The number of anilines is 1. The first-order valence-corrected chi connectivity index (χ1v) is 8.43. The summed E-state index contributed by atoms with van der Waals surface area (Å²) in [5.41, 5.74) is 1.97. The van der Waals surface area contributed by atoms with Crippen LogP contribution in [-0.2, 0) is 4.79 Å². The molecule has 1 amide bonds. The van der Waals surface area contributed by atoms with Crippen LogP contribution in [0.4, 0.5) is 5.95 Å². The number of fused-ring (bicyclic) bond motifs is 1. The van der Waals surface area contributed by atoms with Crippen molar-refractivity contribution < 1.29 is 4.79 Å². The fourth-order valence-electron chi connectivity index (χ4n) is 3.40. The van der Waals surface area contributed by atoms with Crippen molar-refractivity contribution in [2.45, 2.75) is 50.5 Å². The Morgan fingerprint density at radius 3 is 2.65 bits per heavy atom. The summed E-state index contributed by atoms with van der Waals surface area (Å²) in [7, 11) is 1.71. The van der Waals surface area contributed by atoms with E-state index < -0.39 is 0 Å². The number of carbonyl (C=O) groups is 1. The van der Waals surface area contributed by atoms with E-state index >= 15 is 0 Å². The lowest BCUT2D eigenvalue weighted by Gasteiger charge is -2.28. The number of nitrogens with one attached hydrogen (secondary N) is 2. The van der Waals surface area contributed by atoms with E-state index in [1.54, 1.807) is 13.4 Å². The van der Waals surface area contributed by atoms with Gasteiger partial charge < -0.3 is 10.6 Å². The van der Waals surface area contributed by atoms with Gasteiger partial charge in [-0.1, -0.05) is 0 Å². The highest BCUT2D eigenvalue weighted by Gasteiger charge is 2.28. The molecule has 23 heavy (non-hydrogen) atoms. The van der Waals surface area contributed by atoms with Crippen molar-refractivity contribution in [2.75, 3.05) is 12.4 Å². The predicted octanol–water partition coefficient (Wildman–Crippen LogP) is 1.72. The maximum absolute atomic E-state index is 11.7. The Labute approximate surface area is 134 Å². The van der Waals surface area contributed by atoms with Gasteiger partial charge in [-0.15, -0.1) is 0 Å². The Balaban J connectivity index is 1.47. The molecule has 7 heteroatoms. The quantitative estimate of drug-likeness (QED) is 0.897. The molecule has 0 radical (unpaired) electrons. The van der Waals surface area contributed by atoms with Crippen molar-refractivity contribution in [3.05, 3.63) is 18.1 Å². The smallest absolute Gasteiger partial charge is 0.227 e. The fourth-order valence-corrected chi connectivity index (χ4v) is 3.40. The van der Waals surface area contributed by atoms with Crippen LogP contribution in [0, 0.1) is 5.92 Å². The number of rotatable bonds is 4. The van der Waals surface area contributed by atoms with Gasteiger partial charge >= 0.3 is 0 Å². The molecule has 0 aliphatic heterocycles. The van der Waals surface area contributed by atoms with Crippen LogP contribution < -0.4 is 10.6 Å². The Kier molecular flexibility index (Phi) is 3.63. The summed E-state index contributed by atoms with van der Waals surface area (Å²) in [4.78, 5) is 20.4. The predicted molar refractivity (Wildman–Crippen MR) is 86.2 cm³/mol.